The molecule has 5 rings (SSSR count). The topological polar surface area (TPSA) is 76.2 Å². The fourth-order valence-electron chi connectivity index (χ4n) is 3.77. The van der Waals surface area contributed by atoms with E-state index in [9.17, 15) is 9.90 Å². The Labute approximate surface area is 111 Å². The smallest absolute Gasteiger partial charge is 0.309 e. The van der Waals surface area contributed by atoms with Crippen molar-refractivity contribution in [2.75, 3.05) is 0 Å². The zero-order chi connectivity index (χ0) is 13.1. The van der Waals surface area contributed by atoms with Gasteiger partial charge in [0.25, 0.3) is 0 Å². The Morgan fingerprint density at radius 1 is 1.11 bits per heavy atom. The molecule has 0 spiro atoms. The third-order valence-electron chi connectivity index (χ3n) is 5.52. The molecule has 2 bridgehead atoms. The minimum absolute atomic E-state index is 0.0304. The molecular weight excluding hydrogens is 244 g/mol. The maximum absolute atomic E-state index is 11.4. The van der Waals surface area contributed by atoms with Gasteiger partial charge in [0, 0.05) is 11.3 Å². The number of fused-ring (bicyclic) bond motifs is 3. The van der Waals surface area contributed by atoms with Crippen molar-refractivity contribution >= 4 is 5.97 Å². The Hall–Kier alpha value is -1.39. The van der Waals surface area contributed by atoms with E-state index in [0.717, 1.165) is 63.1 Å². The highest BCUT2D eigenvalue weighted by atomic mass is 16.4. The summed E-state index contributed by atoms with van der Waals surface area (Å²) in [5.41, 5.74) is -0.502. The summed E-state index contributed by atoms with van der Waals surface area (Å²) in [7, 11) is 0. The molecule has 5 nitrogen and oxygen atoms in total. The molecule has 5 heteroatoms. The molecule has 4 saturated carbocycles. The Kier molecular flexibility index (Phi) is 2.16. The maximum atomic E-state index is 11.4. The lowest BCUT2D eigenvalue weighted by Crippen LogP contribution is -2.48. The van der Waals surface area contributed by atoms with Gasteiger partial charge in [-0.2, -0.15) is 0 Å². The van der Waals surface area contributed by atoms with Gasteiger partial charge in [-0.3, -0.25) is 4.79 Å². The Morgan fingerprint density at radius 2 is 1.74 bits per heavy atom. The van der Waals surface area contributed by atoms with E-state index >= 15 is 0 Å². The van der Waals surface area contributed by atoms with Crippen LogP contribution < -0.4 is 0 Å². The number of carbonyl (C=O) groups is 1. The number of aromatic nitrogens is 2. The number of hydrogen-bond donors (Lipinski definition) is 1. The summed E-state index contributed by atoms with van der Waals surface area (Å²) in [5.74, 6) is 1.44. The summed E-state index contributed by atoms with van der Waals surface area (Å²) in [5, 5.41) is 17.9. The van der Waals surface area contributed by atoms with Gasteiger partial charge in [-0.15, -0.1) is 10.2 Å². The molecule has 0 unspecified atom stereocenters. The standard InChI is InChI=1S/C14H18N2O3/c17-12(18)14-6-3-13(4-7-14,5-8-14)11-16-15-10(19-11)9-1-2-9/h9H,1-8H2,(H,17,18). The molecule has 1 aromatic heterocycles. The van der Waals surface area contributed by atoms with E-state index in [1.54, 1.807) is 0 Å². The first-order valence-electron chi connectivity index (χ1n) is 7.21. The summed E-state index contributed by atoms with van der Waals surface area (Å²) >= 11 is 0. The first-order chi connectivity index (χ1) is 9.14. The molecule has 0 saturated heterocycles. The number of carboxylic acid groups (broad SMARTS) is 1. The van der Waals surface area contributed by atoms with E-state index < -0.39 is 11.4 Å². The fraction of sp³-hybridized carbons (Fsp3) is 0.786. The van der Waals surface area contributed by atoms with Crippen molar-refractivity contribution in [3.63, 3.8) is 0 Å². The Bertz CT molecular complexity index is 508. The molecule has 1 N–H and O–H groups in total. The molecule has 4 aliphatic carbocycles. The predicted molar refractivity (Wildman–Crippen MR) is 65.7 cm³/mol. The van der Waals surface area contributed by atoms with Gasteiger partial charge in [-0.1, -0.05) is 0 Å². The minimum Gasteiger partial charge on any atom is -0.481 e. The van der Waals surface area contributed by atoms with Crippen LogP contribution in [-0.2, 0) is 10.2 Å². The van der Waals surface area contributed by atoms with Crippen LogP contribution in [-0.4, -0.2) is 21.3 Å². The van der Waals surface area contributed by atoms with Crippen LogP contribution in [0.4, 0.5) is 0 Å². The first-order valence-corrected chi connectivity index (χ1v) is 7.21. The Balaban J connectivity index is 1.60. The molecule has 1 heterocycles. The molecule has 19 heavy (non-hydrogen) atoms. The molecule has 1 aromatic rings. The number of nitrogens with zero attached hydrogens (tertiary/aromatic N) is 2. The van der Waals surface area contributed by atoms with E-state index in [-0.39, 0.29) is 5.41 Å². The summed E-state index contributed by atoms with van der Waals surface area (Å²) in [6, 6.07) is 0. The highest BCUT2D eigenvalue weighted by Gasteiger charge is 2.55. The number of carboxylic acids is 1. The molecule has 4 fully saturated rings. The SMILES string of the molecule is O=C(O)C12CCC(c3nnc(C4CC4)o3)(CC1)CC2. The van der Waals surface area contributed by atoms with Gasteiger partial charge in [0.05, 0.1) is 5.41 Å². The zero-order valence-corrected chi connectivity index (χ0v) is 10.9. The van der Waals surface area contributed by atoms with E-state index in [1.165, 1.54) is 0 Å². The van der Waals surface area contributed by atoms with Crippen LogP contribution in [0.25, 0.3) is 0 Å². The highest BCUT2D eigenvalue weighted by molar-refractivity contribution is 5.75. The second-order valence-corrected chi connectivity index (χ2v) is 6.59. The third-order valence-corrected chi connectivity index (χ3v) is 5.52. The van der Waals surface area contributed by atoms with Crippen molar-refractivity contribution in [2.45, 2.75) is 62.7 Å². The van der Waals surface area contributed by atoms with Gasteiger partial charge in [0.15, 0.2) is 0 Å². The lowest BCUT2D eigenvalue weighted by atomic mass is 9.53. The minimum atomic E-state index is -0.620. The van der Waals surface area contributed by atoms with Crippen molar-refractivity contribution in [2.24, 2.45) is 5.41 Å². The maximum Gasteiger partial charge on any atom is 0.309 e. The molecule has 102 valence electrons. The van der Waals surface area contributed by atoms with E-state index in [4.69, 9.17) is 4.42 Å². The molecule has 0 radical (unpaired) electrons. The second-order valence-electron chi connectivity index (χ2n) is 6.59. The lowest BCUT2D eigenvalue weighted by molar-refractivity contribution is -0.156. The normalized spacial score (nSPS) is 37.5. The van der Waals surface area contributed by atoms with Gasteiger partial charge in [0.1, 0.15) is 0 Å². The van der Waals surface area contributed by atoms with Crippen molar-refractivity contribution in [3.8, 4) is 0 Å². The van der Waals surface area contributed by atoms with Crippen molar-refractivity contribution in [1.29, 1.82) is 0 Å². The number of aliphatic carboxylic acids is 1. The summed E-state index contributed by atoms with van der Waals surface area (Å²) in [4.78, 5) is 11.4. The molecule has 0 atom stereocenters. The molecule has 4 aliphatic rings. The quantitative estimate of drug-likeness (QED) is 0.906. The van der Waals surface area contributed by atoms with Crippen LogP contribution in [0.5, 0.6) is 0 Å². The van der Waals surface area contributed by atoms with Gasteiger partial charge >= 0.3 is 5.97 Å². The molecule has 0 amide bonds. The largest absolute Gasteiger partial charge is 0.481 e. The van der Waals surface area contributed by atoms with E-state index in [0.29, 0.717) is 5.92 Å². The van der Waals surface area contributed by atoms with Crippen LogP contribution in [0.15, 0.2) is 4.42 Å². The Morgan fingerprint density at radius 3 is 2.26 bits per heavy atom. The van der Waals surface area contributed by atoms with Gasteiger partial charge in [-0.05, 0) is 51.4 Å². The second kappa shape index (κ2) is 3.58. The summed E-state index contributed by atoms with van der Waals surface area (Å²) < 4.78 is 5.89. The van der Waals surface area contributed by atoms with Crippen molar-refractivity contribution in [3.05, 3.63) is 11.8 Å². The van der Waals surface area contributed by atoms with Crippen LogP contribution in [0, 0.1) is 5.41 Å². The van der Waals surface area contributed by atoms with Gasteiger partial charge in [-0.25, -0.2) is 0 Å². The van der Waals surface area contributed by atoms with Crippen LogP contribution in [0.2, 0.25) is 0 Å². The van der Waals surface area contributed by atoms with Crippen LogP contribution in [0.1, 0.15) is 69.1 Å². The summed E-state index contributed by atoms with van der Waals surface area (Å²) in [6.07, 6.45) is 7.23. The monoisotopic (exact) mass is 262 g/mol. The molecule has 0 aliphatic heterocycles. The first kappa shape index (κ1) is 11.4. The van der Waals surface area contributed by atoms with E-state index in [1.807, 2.05) is 0 Å². The van der Waals surface area contributed by atoms with Gasteiger partial charge in [0.2, 0.25) is 11.8 Å². The number of rotatable bonds is 3. The summed E-state index contributed by atoms with van der Waals surface area (Å²) in [6.45, 7) is 0. The van der Waals surface area contributed by atoms with Crippen molar-refractivity contribution < 1.29 is 14.3 Å². The average Bonchev–Trinajstić information content (AvgIpc) is 3.18. The van der Waals surface area contributed by atoms with Gasteiger partial charge < -0.3 is 9.52 Å². The van der Waals surface area contributed by atoms with Crippen molar-refractivity contribution in [1.82, 2.24) is 10.2 Å². The molecule has 0 aromatic carbocycles. The average molecular weight is 262 g/mol. The predicted octanol–water partition coefficient (Wildman–Crippen LogP) is 2.62. The van der Waals surface area contributed by atoms with Crippen LogP contribution >= 0.6 is 0 Å². The van der Waals surface area contributed by atoms with E-state index in [2.05, 4.69) is 10.2 Å². The third kappa shape index (κ3) is 1.56. The number of hydrogen-bond acceptors (Lipinski definition) is 4. The fourth-order valence-corrected chi connectivity index (χ4v) is 3.77. The molecular formula is C14H18N2O3. The highest BCUT2D eigenvalue weighted by Crippen LogP contribution is 2.57. The van der Waals surface area contributed by atoms with Crippen LogP contribution in [0.3, 0.4) is 0 Å². The lowest BCUT2D eigenvalue weighted by Gasteiger charge is -2.49. The zero-order valence-electron chi connectivity index (χ0n) is 10.9.